The summed E-state index contributed by atoms with van der Waals surface area (Å²) in [4.78, 5) is 4.57. The number of fused-ring (bicyclic) bond motifs is 1. The largest absolute Gasteiger partial charge is 0.551 e. The predicted octanol–water partition coefficient (Wildman–Crippen LogP) is 4.96. The molecule has 0 atom stereocenters. The van der Waals surface area contributed by atoms with Crippen LogP contribution in [0.3, 0.4) is 0 Å². The summed E-state index contributed by atoms with van der Waals surface area (Å²) in [5.74, 6) is 0.309. The van der Waals surface area contributed by atoms with Gasteiger partial charge in [0.25, 0.3) is 0 Å². The number of benzene rings is 4. The molecule has 0 spiro atoms. The monoisotopic (exact) mass is 411 g/mol. The molecule has 0 saturated heterocycles. The minimum absolute atomic E-state index is 0.339. The highest BCUT2D eigenvalue weighted by atomic mass is 19.1. The van der Waals surface area contributed by atoms with E-state index in [9.17, 15) is 8.78 Å². The van der Waals surface area contributed by atoms with Crippen molar-refractivity contribution in [1.82, 2.24) is 4.98 Å². The van der Waals surface area contributed by atoms with Crippen LogP contribution in [0.2, 0.25) is 0 Å². The molecule has 0 unspecified atom stereocenters. The quantitative estimate of drug-likeness (QED) is 0.384. The van der Waals surface area contributed by atoms with E-state index in [1.807, 2.05) is 48.5 Å². The van der Waals surface area contributed by atoms with E-state index in [1.54, 1.807) is 24.3 Å². The third-order valence-corrected chi connectivity index (χ3v) is 5.00. The zero-order chi connectivity index (χ0) is 21.2. The predicted molar refractivity (Wildman–Crippen MR) is 118 cm³/mol. The number of halogens is 2. The Balaban J connectivity index is 1.58. The number of rotatable bonds is 5. The molecular formula is C25H16BF2NO2. The summed E-state index contributed by atoms with van der Waals surface area (Å²) in [6.45, 7) is -0.577. The van der Waals surface area contributed by atoms with Crippen molar-refractivity contribution in [2.24, 2.45) is 0 Å². The van der Waals surface area contributed by atoms with Crippen LogP contribution in [0.1, 0.15) is 0 Å². The molecule has 0 fully saturated rings. The van der Waals surface area contributed by atoms with Crippen molar-refractivity contribution in [1.29, 1.82) is 0 Å². The topological polar surface area (TPSA) is 35.3 Å². The van der Waals surface area contributed by atoms with Gasteiger partial charge in [0, 0.05) is 0 Å². The van der Waals surface area contributed by atoms with E-state index in [0.717, 1.165) is 16.4 Å². The van der Waals surface area contributed by atoms with E-state index in [1.165, 1.54) is 24.3 Å². The molecule has 3 nitrogen and oxygen atoms in total. The Hall–Kier alpha value is -3.93. The van der Waals surface area contributed by atoms with Gasteiger partial charge >= 0.3 is 6.92 Å². The maximum absolute atomic E-state index is 13.5. The lowest BCUT2D eigenvalue weighted by atomic mass is 9.55. The Labute approximate surface area is 178 Å². The van der Waals surface area contributed by atoms with Crippen molar-refractivity contribution in [2.45, 2.75) is 0 Å². The van der Waals surface area contributed by atoms with Crippen LogP contribution in [0.15, 0.2) is 101 Å². The van der Waals surface area contributed by atoms with Crippen LogP contribution < -0.4 is 15.6 Å². The minimum Gasteiger partial charge on any atom is -0.551 e. The average Bonchev–Trinajstić information content (AvgIpc) is 3.23. The van der Waals surface area contributed by atoms with Crippen LogP contribution in [0.25, 0.3) is 22.6 Å². The summed E-state index contributed by atoms with van der Waals surface area (Å²) in [5.41, 5.74) is 3.59. The van der Waals surface area contributed by atoms with E-state index in [-0.39, 0.29) is 11.6 Å². The number of hydrogen-bond acceptors (Lipinski definition) is 3. The van der Waals surface area contributed by atoms with Crippen LogP contribution in [-0.2, 0) is 0 Å². The lowest BCUT2D eigenvalue weighted by Gasteiger charge is -2.18. The zero-order valence-electron chi connectivity index (χ0n) is 16.3. The van der Waals surface area contributed by atoms with Gasteiger partial charge in [-0.1, -0.05) is 48.5 Å². The molecule has 0 aliphatic carbocycles. The molecule has 31 heavy (non-hydrogen) atoms. The highest BCUT2D eigenvalue weighted by molar-refractivity contribution is 6.80. The Morgan fingerprint density at radius 2 is 1.26 bits per heavy atom. The molecule has 0 aliphatic heterocycles. The Morgan fingerprint density at radius 1 is 0.677 bits per heavy atom. The fraction of sp³-hybridized carbons (Fsp3) is 0. The van der Waals surface area contributed by atoms with Crippen molar-refractivity contribution >= 4 is 28.9 Å². The van der Waals surface area contributed by atoms with Crippen molar-refractivity contribution in [2.75, 3.05) is 0 Å². The summed E-state index contributed by atoms with van der Waals surface area (Å²) in [5, 5.41) is 0. The molecule has 0 amide bonds. The number of aromatic nitrogens is 1. The maximum Gasteiger partial charge on any atom is 0.426 e. The molecule has 1 aromatic heterocycles. The van der Waals surface area contributed by atoms with Crippen molar-refractivity contribution < 1.29 is 17.9 Å². The van der Waals surface area contributed by atoms with Crippen LogP contribution in [0.5, 0.6) is 5.75 Å². The molecule has 5 aromatic rings. The molecule has 5 rings (SSSR count). The highest BCUT2D eigenvalue weighted by Gasteiger charge is 2.26. The molecule has 4 aromatic carbocycles. The first-order valence-corrected chi connectivity index (χ1v) is 9.80. The molecule has 6 heteroatoms. The van der Waals surface area contributed by atoms with Crippen LogP contribution in [0, 0.1) is 11.6 Å². The number of nitrogens with zero attached hydrogens (tertiary/aromatic N) is 1. The second kappa shape index (κ2) is 8.07. The molecule has 0 aliphatic rings. The van der Waals surface area contributed by atoms with Crippen molar-refractivity contribution in [3.05, 3.63) is 109 Å². The third-order valence-electron chi connectivity index (χ3n) is 5.00. The molecule has 0 radical (unpaired) electrons. The average molecular weight is 411 g/mol. The molecule has 0 N–H and O–H groups in total. The van der Waals surface area contributed by atoms with Gasteiger partial charge in [-0.05, 0) is 59.5 Å². The van der Waals surface area contributed by atoms with Gasteiger partial charge in [-0.3, -0.25) is 0 Å². The third kappa shape index (κ3) is 3.92. The summed E-state index contributed by atoms with van der Waals surface area (Å²) in [7, 11) is 0. The second-order valence-electron chi connectivity index (χ2n) is 7.08. The first-order chi connectivity index (χ1) is 15.2. The van der Waals surface area contributed by atoms with Gasteiger partial charge in [-0.15, -0.1) is 0 Å². The lowest BCUT2D eigenvalue weighted by molar-refractivity contribution is 0.579. The SMILES string of the molecule is Fc1ccc(B(Oc2ccccc2-c2nc3ccccc3o2)c2ccc(F)cc2)cc1. The molecular weight excluding hydrogens is 395 g/mol. The highest BCUT2D eigenvalue weighted by Crippen LogP contribution is 2.31. The summed E-state index contributed by atoms with van der Waals surface area (Å²) < 4.78 is 39.3. The molecule has 0 bridgehead atoms. The number of oxazole rings is 1. The lowest BCUT2D eigenvalue weighted by Crippen LogP contribution is -2.47. The Kier molecular flexibility index (Phi) is 4.96. The van der Waals surface area contributed by atoms with E-state index in [0.29, 0.717) is 22.8 Å². The Morgan fingerprint density at radius 3 is 1.90 bits per heavy atom. The van der Waals surface area contributed by atoms with Crippen LogP contribution >= 0.6 is 0 Å². The fourth-order valence-electron chi connectivity index (χ4n) is 3.46. The minimum atomic E-state index is -0.577. The van der Waals surface area contributed by atoms with Gasteiger partial charge in [0.05, 0.1) is 5.56 Å². The van der Waals surface area contributed by atoms with Gasteiger partial charge in [0.1, 0.15) is 22.9 Å². The van der Waals surface area contributed by atoms with E-state index in [2.05, 4.69) is 4.98 Å². The van der Waals surface area contributed by atoms with Crippen molar-refractivity contribution in [3.63, 3.8) is 0 Å². The molecule has 150 valence electrons. The second-order valence-corrected chi connectivity index (χ2v) is 7.08. The van der Waals surface area contributed by atoms with Gasteiger partial charge in [-0.25, -0.2) is 13.8 Å². The van der Waals surface area contributed by atoms with E-state index in [4.69, 9.17) is 9.07 Å². The maximum atomic E-state index is 13.5. The fourth-order valence-corrected chi connectivity index (χ4v) is 3.46. The van der Waals surface area contributed by atoms with Gasteiger partial charge < -0.3 is 9.07 Å². The number of hydrogen-bond donors (Lipinski definition) is 0. The number of para-hydroxylation sites is 3. The van der Waals surface area contributed by atoms with Gasteiger partial charge in [0.2, 0.25) is 5.89 Å². The first-order valence-electron chi connectivity index (χ1n) is 9.80. The normalized spacial score (nSPS) is 10.9. The molecule has 0 saturated carbocycles. The smallest absolute Gasteiger partial charge is 0.426 e. The zero-order valence-corrected chi connectivity index (χ0v) is 16.3. The van der Waals surface area contributed by atoms with E-state index >= 15 is 0 Å². The molecule has 1 heterocycles. The van der Waals surface area contributed by atoms with Gasteiger partial charge in [-0.2, -0.15) is 0 Å². The first kappa shape index (κ1) is 19.1. The summed E-state index contributed by atoms with van der Waals surface area (Å²) >= 11 is 0. The standard InChI is InChI=1S/C25H16BF2NO2/c27-19-13-9-17(10-14-19)26(18-11-15-20(28)16-12-18)31-23-7-3-1-5-21(23)25-29-22-6-2-4-8-24(22)30-25/h1-16H. The van der Waals surface area contributed by atoms with Crippen LogP contribution in [-0.4, -0.2) is 11.9 Å². The van der Waals surface area contributed by atoms with E-state index < -0.39 is 6.92 Å². The summed E-state index contributed by atoms with van der Waals surface area (Å²) in [6, 6.07) is 27.1. The summed E-state index contributed by atoms with van der Waals surface area (Å²) in [6.07, 6.45) is 0. The Bertz CT molecular complexity index is 1260. The van der Waals surface area contributed by atoms with Crippen LogP contribution in [0.4, 0.5) is 8.78 Å². The van der Waals surface area contributed by atoms with Crippen molar-refractivity contribution in [3.8, 4) is 17.2 Å². The van der Waals surface area contributed by atoms with Gasteiger partial charge in [0.15, 0.2) is 5.58 Å².